The van der Waals surface area contributed by atoms with Gasteiger partial charge in [-0.1, -0.05) is 0 Å². The Labute approximate surface area is 151 Å². The van der Waals surface area contributed by atoms with Crippen LogP contribution in [-0.2, 0) is 4.79 Å². The van der Waals surface area contributed by atoms with E-state index in [-0.39, 0.29) is 5.91 Å². The van der Waals surface area contributed by atoms with Crippen LogP contribution in [0.3, 0.4) is 0 Å². The monoisotopic (exact) mass is 357 g/mol. The molecule has 26 heavy (non-hydrogen) atoms. The normalized spacial score (nSPS) is 23.8. The van der Waals surface area contributed by atoms with E-state index in [2.05, 4.69) is 30.5 Å². The van der Waals surface area contributed by atoms with Crippen molar-refractivity contribution < 1.29 is 9.42 Å². The maximum Gasteiger partial charge on any atom is 0.245 e. The number of hydrogen-bond donors (Lipinski definition) is 1. The fourth-order valence-electron chi connectivity index (χ4n) is 4.00. The topological polar surface area (TPSA) is 100 Å². The number of anilines is 2. The third kappa shape index (κ3) is 2.95. The fraction of sp³-hybridized carbons (Fsp3) is 0.706. The highest BCUT2D eigenvalue weighted by atomic mass is 16.6. The van der Waals surface area contributed by atoms with E-state index in [1.807, 2.05) is 4.90 Å². The second-order valence-electron chi connectivity index (χ2n) is 7.58. The molecular weight excluding hydrogens is 334 g/mol. The van der Waals surface area contributed by atoms with Crippen LogP contribution < -0.4 is 10.2 Å². The molecule has 1 N–H and O–H groups in total. The summed E-state index contributed by atoms with van der Waals surface area (Å²) in [7, 11) is 0. The predicted octanol–water partition coefficient (Wildman–Crippen LogP) is 1.43. The Balaban J connectivity index is 1.34. The summed E-state index contributed by atoms with van der Waals surface area (Å²) in [4.78, 5) is 25.7. The molecule has 2 saturated heterocycles. The lowest BCUT2D eigenvalue weighted by Crippen LogP contribution is -2.32. The van der Waals surface area contributed by atoms with Crippen LogP contribution in [0.4, 0.5) is 11.6 Å². The first-order valence-corrected chi connectivity index (χ1v) is 9.56. The van der Waals surface area contributed by atoms with Crippen molar-refractivity contribution in [3.05, 3.63) is 0 Å². The number of nitrogens with one attached hydrogen (secondary N) is 1. The summed E-state index contributed by atoms with van der Waals surface area (Å²) in [6.45, 7) is 3.49. The number of rotatable bonds is 5. The van der Waals surface area contributed by atoms with Gasteiger partial charge in [-0.05, 0) is 42.4 Å². The van der Waals surface area contributed by atoms with Crippen molar-refractivity contribution in [3.63, 3.8) is 0 Å². The maximum absolute atomic E-state index is 12.2. The standard InChI is InChI=1S/C17H23N7O2/c25-13-8-11(10-24(13)12-4-5-12)9-18-16-17(23-6-2-1-3-7-23)20-15-14(19-16)21-26-22-15/h11-12H,1-10H2,(H,18,19,21)/t11-/m1/s1. The Morgan fingerprint density at radius 2 is 1.85 bits per heavy atom. The quantitative estimate of drug-likeness (QED) is 0.858. The fourth-order valence-corrected chi connectivity index (χ4v) is 4.00. The van der Waals surface area contributed by atoms with Gasteiger partial charge in [0.05, 0.1) is 0 Å². The number of carbonyl (C=O) groups excluding carboxylic acids is 1. The molecule has 1 aliphatic carbocycles. The van der Waals surface area contributed by atoms with Gasteiger partial charge in [0, 0.05) is 44.6 Å². The van der Waals surface area contributed by atoms with Gasteiger partial charge < -0.3 is 15.1 Å². The Bertz CT molecular complexity index is 813. The molecule has 5 rings (SSSR count). The van der Waals surface area contributed by atoms with Crippen LogP contribution in [0.15, 0.2) is 4.63 Å². The van der Waals surface area contributed by atoms with Gasteiger partial charge in [0.2, 0.25) is 17.2 Å². The summed E-state index contributed by atoms with van der Waals surface area (Å²) in [6.07, 6.45) is 6.50. The number of carbonyl (C=O) groups is 1. The highest BCUT2D eigenvalue weighted by Crippen LogP contribution is 2.33. The third-order valence-electron chi connectivity index (χ3n) is 5.54. The number of likely N-dealkylation sites (tertiary alicyclic amines) is 1. The van der Waals surface area contributed by atoms with Crippen molar-refractivity contribution in [3.8, 4) is 0 Å². The van der Waals surface area contributed by atoms with E-state index in [1.165, 1.54) is 6.42 Å². The van der Waals surface area contributed by atoms with Crippen LogP contribution in [0.1, 0.15) is 38.5 Å². The van der Waals surface area contributed by atoms with Gasteiger partial charge in [-0.25, -0.2) is 14.6 Å². The molecule has 9 heteroatoms. The first-order valence-electron chi connectivity index (χ1n) is 9.56. The molecule has 3 aliphatic rings. The Morgan fingerprint density at radius 1 is 1.08 bits per heavy atom. The molecule has 0 spiro atoms. The lowest BCUT2D eigenvalue weighted by Gasteiger charge is -2.29. The molecular formula is C17H23N7O2. The average Bonchev–Trinajstić information content (AvgIpc) is 3.29. The summed E-state index contributed by atoms with van der Waals surface area (Å²) in [6, 6.07) is 0.494. The van der Waals surface area contributed by atoms with Crippen molar-refractivity contribution in [1.82, 2.24) is 25.2 Å². The SMILES string of the molecule is O=C1C[C@H](CNc2nc3nonc3nc2N2CCCCC2)CN1C1CC1. The number of piperidine rings is 1. The summed E-state index contributed by atoms with van der Waals surface area (Å²) in [5.74, 6) is 2.13. The number of aromatic nitrogens is 4. The smallest absolute Gasteiger partial charge is 0.245 e. The molecule has 2 aromatic rings. The van der Waals surface area contributed by atoms with E-state index >= 15 is 0 Å². The number of fused-ring (bicyclic) bond motifs is 1. The van der Waals surface area contributed by atoms with Crippen molar-refractivity contribution in [1.29, 1.82) is 0 Å². The Morgan fingerprint density at radius 3 is 2.62 bits per heavy atom. The van der Waals surface area contributed by atoms with E-state index < -0.39 is 0 Å². The molecule has 4 heterocycles. The molecule has 0 bridgehead atoms. The molecule has 0 unspecified atom stereocenters. The van der Waals surface area contributed by atoms with Crippen LogP contribution in [0, 0.1) is 5.92 Å². The molecule has 0 radical (unpaired) electrons. The lowest BCUT2D eigenvalue weighted by molar-refractivity contribution is -0.128. The zero-order valence-corrected chi connectivity index (χ0v) is 14.7. The van der Waals surface area contributed by atoms with E-state index in [9.17, 15) is 4.79 Å². The zero-order valence-electron chi connectivity index (χ0n) is 14.7. The van der Waals surface area contributed by atoms with Gasteiger partial charge in [-0.2, -0.15) is 0 Å². The summed E-state index contributed by atoms with van der Waals surface area (Å²) >= 11 is 0. The minimum Gasteiger partial charge on any atom is -0.367 e. The van der Waals surface area contributed by atoms with Crippen LogP contribution in [0.5, 0.6) is 0 Å². The number of nitrogens with zero attached hydrogens (tertiary/aromatic N) is 6. The van der Waals surface area contributed by atoms with E-state index in [0.717, 1.165) is 51.1 Å². The summed E-state index contributed by atoms with van der Waals surface area (Å²) in [5, 5.41) is 11.1. The average molecular weight is 357 g/mol. The first-order chi connectivity index (χ1) is 12.8. The molecule has 2 aliphatic heterocycles. The molecule has 1 saturated carbocycles. The van der Waals surface area contributed by atoms with Crippen LogP contribution in [0.25, 0.3) is 11.3 Å². The minimum absolute atomic E-state index is 0.290. The number of amides is 1. The van der Waals surface area contributed by atoms with Gasteiger partial charge in [0.1, 0.15) is 0 Å². The van der Waals surface area contributed by atoms with Gasteiger partial charge in [-0.3, -0.25) is 4.79 Å². The van der Waals surface area contributed by atoms with E-state index in [1.54, 1.807) is 0 Å². The largest absolute Gasteiger partial charge is 0.367 e. The highest BCUT2D eigenvalue weighted by molar-refractivity contribution is 5.79. The lowest BCUT2D eigenvalue weighted by atomic mass is 10.1. The van der Waals surface area contributed by atoms with Crippen molar-refractivity contribution in [2.75, 3.05) is 36.4 Å². The maximum atomic E-state index is 12.2. The van der Waals surface area contributed by atoms with Crippen LogP contribution in [-0.4, -0.2) is 63.3 Å². The molecule has 2 aromatic heterocycles. The van der Waals surface area contributed by atoms with Crippen LogP contribution >= 0.6 is 0 Å². The van der Waals surface area contributed by atoms with Gasteiger partial charge in [0.15, 0.2) is 11.6 Å². The highest BCUT2D eigenvalue weighted by Gasteiger charge is 2.39. The second-order valence-corrected chi connectivity index (χ2v) is 7.58. The van der Waals surface area contributed by atoms with Crippen molar-refractivity contribution in [2.24, 2.45) is 5.92 Å². The van der Waals surface area contributed by atoms with Gasteiger partial charge in [0.25, 0.3) is 0 Å². The van der Waals surface area contributed by atoms with E-state index in [0.29, 0.717) is 42.0 Å². The summed E-state index contributed by atoms with van der Waals surface area (Å²) in [5.41, 5.74) is 0.849. The molecule has 1 atom stereocenters. The van der Waals surface area contributed by atoms with Gasteiger partial charge in [-0.15, -0.1) is 0 Å². The van der Waals surface area contributed by atoms with Gasteiger partial charge >= 0.3 is 0 Å². The molecule has 138 valence electrons. The molecule has 9 nitrogen and oxygen atoms in total. The minimum atomic E-state index is 0.290. The number of hydrogen-bond acceptors (Lipinski definition) is 8. The van der Waals surface area contributed by atoms with Crippen molar-refractivity contribution >= 4 is 28.8 Å². The third-order valence-corrected chi connectivity index (χ3v) is 5.54. The molecule has 1 amide bonds. The Hall–Kier alpha value is -2.45. The Kier molecular flexibility index (Phi) is 3.86. The molecule has 0 aromatic carbocycles. The van der Waals surface area contributed by atoms with E-state index in [4.69, 9.17) is 4.63 Å². The zero-order chi connectivity index (χ0) is 17.5. The van der Waals surface area contributed by atoms with Crippen molar-refractivity contribution in [2.45, 2.75) is 44.6 Å². The summed E-state index contributed by atoms with van der Waals surface area (Å²) < 4.78 is 4.78. The first kappa shape index (κ1) is 15.8. The predicted molar refractivity (Wildman–Crippen MR) is 94.8 cm³/mol. The molecule has 3 fully saturated rings. The van der Waals surface area contributed by atoms with Crippen LogP contribution in [0.2, 0.25) is 0 Å². The second kappa shape index (κ2) is 6.37.